The van der Waals surface area contributed by atoms with E-state index in [4.69, 9.17) is 30.2 Å². The maximum absolute atomic E-state index is 5.15. The van der Waals surface area contributed by atoms with Gasteiger partial charge in [-0.1, -0.05) is 101 Å². The predicted molar refractivity (Wildman–Crippen MR) is 153 cm³/mol. The minimum absolute atomic E-state index is 0.194. The van der Waals surface area contributed by atoms with Crippen LogP contribution in [0, 0.1) is 0 Å². The van der Waals surface area contributed by atoms with Crippen LogP contribution in [0.1, 0.15) is 111 Å². The summed E-state index contributed by atoms with van der Waals surface area (Å²) in [6.07, 6.45) is 1.04. The Balaban J connectivity index is 0.00000182. The number of para-hydroxylation sites is 1. The number of pyridine rings is 1. The molecule has 2 rings (SSSR count). The number of hydrogen-bond acceptors (Lipinski definition) is 2. The number of halogens is 2. The summed E-state index contributed by atoms with van der Waals surface area (Å²) in [5, 5.41) is 0.577. The fraction of sp³-hybridized carbons (Fsp3) is 0.571. The topological polar surface area (TPSA) is 25.2 Å². The van der Waals surface area contributed by atoms with E-state index in [1.807, 2.05) is 0 Å². The number of nitrogens with zero attached hydrogens (tertiary/aromatic N) is 2. The second-order valence-corrected chi connectivity index (χ2v) is 17.0. The Bertz CT molecular complexity index is 904. The maximum atomic E-state index is 5.15. The molecule has 2 nitrogen and oxygen atoms in total. The molecule has 0 atom stereocenters. The zero-order valence-electron chi connectivity index (χ0n) is 22.8. The molecule has 1 heterocycles. The number of aromatic nitrogens is 1. The first-order valence-corrected chi connectivity index (χ1v) is 16.5. The average Bonchev–Trinajstić information content (AvgIpc) is 2.71. The quantitative estimate of drug-likeness (QED) is 0.194. The Morgan fingerprint density at radius 3 is 1.74 bits per heavy atom. The summed E-state index contributed by atoms with van der Waals surface area (Å²) in [5.41, 5.74) is 6.92. The predicted octanol–water partition coefficient (Wildman–Crippen LogP) is 10.4. The molecule has 34 heavy (non-hydrogen) atoms. The number of aliphatic imine (C=N–C) groups is 1. The van der Waals surface area contributed by atoms with Crippen LogP contribution in [0.3, 0.4) is 0 Å². The molecular formula is C28H43Cl2FeN2P. The Morgan fingerprint density at radius 1 is 0.882 bits per heavy atom. The van der Waals surface area contributed by atoms with Gasteiger partial charge in [-0.15, -0.1) is 0 Å². The Morgan fingerprint density at radius 2 is 1.32 bits per heavy atom. The molecule has 1 aromatic heterocycles. The Labute approximate surface area is 225 Å². The van der Waals surface area contributed by atoms with Crippen molar-refractivity contribution in [3.63, 3.8) is 0 Å². The second kappa shape index (κ2) is 13.8. The van der Waals surface area contributed by atoms with Gasteiger partial charge < -0.3 is 0 Å². The summed E-state index contributed by atoms with van der Waals surface area (Å²) in [6.45, 7) is 25.3. The van der Waals surface area contributed by atoms with Gasteiger partial charge in [-0.2, -0.15) is 0 Å². The SMILES string of the molecule is CC(=Nc1c(C(C)C)cccc1C(C)C)c1cccc(CP(C(C)(C)C)C(C)(C)C)n1.[Cl][Fe][Cl]. The molecule has 0 unspecified atom stereocenters. The van der Waals surface area contributed by atoms with E-state index in [9.17, 15) is 0 Å². The van der Waals surface area contributed by atoms with Gasteiger partial charge in [-0.3, -0.25) is 9.98 Å². The van der Waals surface area contributed by atoms with Gasteiger partial charge in [0.05, 0.1) is 17.1 Å². The number of hydrogen-bond donors (Lipinski definition) is 0. The van der Waals surface area contributed by atoms with Crippen molar-refractivity contribution in [3.05, 3.63) is 58.9 Å². The van der Waals surface area contributed by atoms with Crippen molar-refractivity contribution in [3.8, 4) is 0 Å². The third-order valence-electron chi connectivity index (χ3n) is 5.74. The number of rotatable bonds is 6. The van der Waals surface area contributed by atoms with Crippen molar-refractivity contribution < 1.29 is 13.1 Å². The molecule has 6 heteroatoms. The molecule has 0 spiro atoms. The van der Waals surface area contributed by atoms with E-state index in [0.717, 1.165) is 23.3 Å². The van der Waals surface area contributed by atoms with Crippen LogP contribution in [0.2, 0.25) is 0 Å². The summed E-state index contributed by atoms with van der Waals surface area (Å²) in [5.74, 6) is 0.873. The van der Waals surface area contributed by atoms with E-state index in [2.05, 4.69) is 113 Å². The van der Waals surface area contributed by atoms with Gasteiger partial charge in [0.1, 0.15) is 0 Å². The van der Waals surface area contributed by atoms with Gasteiger partial charge in [0.15, 0.2) is 0 Å². The van der Waals surface area contributed by atoms with Crippen molar-refractivity contribution in [1.82, 2.24) is 4.98 Å². The van der Waals surface area contributed by atoms with Crippen LogP contribution in [-0.4, -0.2) is 21.0 Å². The van der Waals surface area contributed by atoms with Crippen LogP contribution in [0.15, 0.2) is 41.4 Å². The van der Waals surface area contributed by atoms with Crippen LogP contribution < -0.4 is 0 Å². The van der Waals surface area contributed by atoms with Crippen LogP contribution in [0.25, 0.3) is 0 Å². The van der Waals surface area contributed by atoms with E-state index in [1.165, 1.54) is 16.8 Å². The van der Waals surface area contributed by atoms with Crippen LogP contribution in [0.4, 0.5) is 5.69 Å². The monoisotopic (exact) mass is 564 g/mol. The van der Waals surface area contributed by atoms with Crippen molar-refractivity contribution in [1.29, 1.82) is 0 Å². The average molecular weight is 565 g/mol. The second-order valence-electron chi connectivity index (χ2n) is 11.3. The van der Waals surface area contributed by atoms with Crippen molar-refractivity contribution in [2.45, 2.75) is 104 Å². The number of benzene rings is 1. The summed E-state index contributed by atoms with van der Waals surface area (Å²) in [6, 6.07) is 13.0. The molecule has 0 amide bonds. The summed E-state index contributed by atoms with van der Waals surface area (Å²) in [7, 11) is 9.30. The third-order valence-corrected chi connectivity index (χ3v) is 9.62. The van der Waals surface area contributed by atoms with Gasteiger partial charge >= 0.3 is 33.3 Å². The van der Waals surface area contributed by atoms with E-state index in [-0.39, 0.29) is 31.4 Å². The fourth-order valence-electron chi connectivity index (χ4n) is 4.28. The first-order valence-electron chi connectivity index (χ1n) is 11.9. The molecule has 0 radical (unpaired) electrons. The first kappa shape index (κ1) is 31.6. The Kier molecular flexibility index (Phi) is 12.8. The molecule has 2 aromatic rings. The first-order chi connectivity index (χ1) is 15.6. The van der Waals surface area contributed by atoms with E-state index >= 15 is 0 Å². The molecule has 1 aromatic carbocycles. The molecule has 0 aliphatic carbocycles. The zero-order chi connectivity index (χ0) is 26.3. The van der Waals surface area contributed by atoms with Gasteiger partial charge in [0.2, 0.25) is 0 Å². The van der Waals surface area contributed by atoms with E-state index in [0.29, 0.717) is 11.8 Å². The fourth-order valence-corrected chi connectivity index (χ4v) is 7.74. The third kappa shape index (κ3) is 9.55. The summed E-state index contributed by atoms with van der Waals surface area (Å²) in [4.78, 5) is 10.2. The van der Waals surface area contributed by atoms with Crippen molar-refractivity contribution in [2.75, 3.05) is 0 Å². The van der Waals surface area contributed by atoms with Gasteiger partial charge in [0, 0.05) is 11.9 Å². The zero-order valence-corrected chi connectivity index (χ0v) is 26.3. The standard InChI is InChI=1S/C28H43N2P.2ClH.Fe/c1-19(2)23-15-13-16-24(20(3)4)26(23)29-21(5)25-17-12-14-22(30-25)18-31(27(6,7)8)28(9,10)11;;;/h12-17,19-20H,18H2,1-11H3;2*1H;/q;;;+2/p-2. The van der Waals surface area contributed by atoms with Crippen LogP contribution in [-0.2, 0) is 19.3 Å². The summed E-state index contributed by atoms with van der Waals surface area (Å²) < 4.78 is 0. The van der Waals surface area contributed by atoms with Gasteiger partial charge in [-0.05, 0) is 52.3 Å². The normalized spacial score (nSPS) is 13.0. The molecule has 0 saturated heterocycles. The van der Waals surface area contributed by atoms with E-state index < -0.39 is 0 Å². The van der Waals surface area contributed by atoms with Crippen molar-refractivity contribution >= 4 is 39.5 Å². The van der Waals surface area contributed by atoms with Crippen LogP contribution >= 0.6 is 28.1 Å². The Hall–Kier alpha value is -0.431. The molecule has 192 valence electrons. The van der Waals surface area contributed by atoms with Crippen LogP contribution in [0.5, 0.6) is 0 Å². The van der Waals surface area contributed by atoms with Crippen molar-refractivity contribution in [2.24, 2.45) is 4.99 Å². The van der Waals surface area contributed by atoms with Gasteiger partial charge in [-0.25, -0.2) is 0 Å². The molecular weight excluding hydrogens is 522 g/mol. The molecule has 0 aliphatic heterocycles. The minimum atomic E-state index is -0.229. The summed E-state index contributed by atoms with van der Waals surface area (Å²) >= 11 is 0.194. The molecule has 0 N–H and O–H groups in total. The molecule has 0 aliphatic rings. The van der Waals surface area contributed by atoms with Gasteiger partial charge in [0.25, 0.3) is 0 Å². The molecule has 0 bridgehead atoms. The molecule has 0 saturated carbocycles. The van der Waals surface area contributed by atoms with E-state index in [1.54, 1.807) is 0 Å². The molecule has 0 fully saturated rings.